The zero-order valence-electron chi connectivity index (χ0n) is 12.9. The van der Waals surface area contributed by atoms with Crippen LogP contribution in [0, 0.1) is 5.82 Å². The fourth-order valence-electron chi connectivity index (χ4n) is 2.19. The molecule has 0 atom stereocenters. The molecule has 6 nitrogen and oxygen atoms in total. The Morgan fingerprint density at radius 1 is 1.08 bits per heavy atom. The van der Waals surface area contributed by atoms with Crippen LogP contribution in [0.15, 0.2) is 57.0 Å². The Balaban J connectivity index is 2.10. The van der Waals surface area contributed by atoms with Crippen molar-refractivity contribution in [1.29, 1.82) is 0 Å². The predicted molar refractivity (Wildman–Crippen MR) is 98.0 cm³/mol. The average Bonchev–Trinajstić information content (AvgIpc) is 2.59. The van der Waals surface area contributed by atoms with Crippen LogP contribution in [0.1, 0.15) is 5.56 Å². The van der Waals surface area contributed by atoms with Crippen LogP contribution in [-0.4, -0.2) is 20.9 Å². The van der Waals surface area contributed by atoms with Crippen LogP contribution < -0.4 is 11.2 Å². The molecule has 2 N–H and O–H groups in total. The minimum Gasteiger partial charge on any atom is -0.493 e. The highest BCUT2D eigenvalue weighted by Crippen LogP contribution is 2.26. The Bertz CT molecular complexity index is 1120. The summed E-state index contributed by atoms with van der Waals surface area (Å²) < 4.78 is 13.9. The number of aromatic nitrogens is 2. The molecule has 0 aliphatic carbocycles. The van der Waals surface area contributed by atoms with Gasteiger partial charge in [-0.25, -0.2) is 13.8 Å². The third kappa shape index (κ3) is 3.54. The minimum atomic E-state index is -0.870. The summed E-state index contributed by atoms with van der Waals surface area (Å²) in [5.74, 6) is -1.14. The van der Waals surface area contributed by atoms with Gasteiger partial charge in [0.1, 0.15) is 11.4 Å². The molecule has 0 amide bonds. The van der Waals surface area contributed by atoms with Crippen molar-refractivity contribution < 1.29 is 9.50 Å². The molecule has 1 aromatic heterocycles. The summed E-state index contributed by atoms with van der Waals surface area (Å²) in [6.07, 6.45) is 1.09. The van der Waals surface area contributed by atoms with Crippen LogP contribution in [0.4, 0.5) is 10.1 Å². The van der Waals surface area contributed by atoms with Crippen molar-refractivity contribution >= 4 is 35.1 Å². The number of nitrogens with zero attached hydrogens (tertiary/aromatic N) is 2. The molecular weight excluding hydrogens is 384 g/mol. The van der Waals surface area contributed by atoms with Crippen molar-refractivity contribution in [1.82, 2.24) is 9.55 Å². The molecular formula is C17H10Cl2FN3O3. The summed E-state index contributed by atoms with van der Waals surface area (Å²) in [6.45, 7) is 0. The number of H-pyrrole nitrogens is 1. The molecule has 9 heteroatoms. The molecule has 0 unspecified atom stereocenters. The van der Waals surface area contributed by atoms with Crippen LogP contribution in [0.5, 0.6) is 5.88 Å². The zero-order chi connectivity index (χ0) is 18.8. The highest BCUT2D eigenvalue weighted by molar-refractivity contribution is 6.42. The lowest BCUT2D eigenvalue weighted by Crippen LogP contribution is -2.31. The van der Waals surface area contributed by atoms with E-state index < -0.39 is 22.9 Å². The molecule has 0 radical (unpaired) electrons. The first kappa shape index (κ1) is 17.9. The summed E-state index contributed by atoms with van der Waals surface area (Å²) in [5, 5.41) is 11.0. The van der Waals surface area contributed by atoms with E-state index in [1.54, 1.807) is 6.07 Å². The number of hydrogen-bond acceptors (Lipinski definition) is 4. The minimum absolute atomic E-state index is 0.175. The van der Waals surface area contributed by atoms with Gasteiger partial charge in [-0.05, 0) is 42.5 Å². The van der Waals surface area contributed by atoms with E-state index in [0.29, 0.717) is 10.7 Å². The van der Waals surface area contributed by atoms with Crippen molar-refractivity contribution in [2.24, 2.45) is 4.99 Å². The number of halogens is 3. The number of rotatable bonds is 3. The summed E-state index contributed by atoms with van der Waals surface area (Å²) in [4.78, 5) is 30.2. The van der Waals surface area contributed by atoms with E-state index in [1.807, 2.05) is 0 Å². The largest absolute Gasteiger partial charge is 0.493 e. The average molecular weight is 394 g/mol. The second-order valence-corrected chi connectivity index (χ2v) is 5.98. The maximum absolute atomic E-state index is 13.1. The van der Waals surface area contributed by atoms with Crippen molar-refractivity contribution in [3.05, 3.63) is 84.7 Å². The summed E-state index contributed by atoms with van der Waals surface area (Å²) >= 11 is 11.7. The Morgan fingerprint density at radius 2 is 1.77 bits per heavy atom. The SMILES string of the molecule is O=c1[nH]c(=O)n(-c2ccc(F)cc2)c(O)c1C=Nc1ccc(Cl)c(Cl)c1. The number of benzene rings is 2. The fraction of sp³-hybridized carbons (Fsp3) is 0. The first-order chi connectivity index (χ1) is 12.4. The van der Waals surface area contributed by atoms with E-state index in [4.69, 9.17) is 23.2 Å². The van der Waals surface area contributed by atoms with E-state index in [9.17, 15) is 19.1 Å². The molecule has 0 fully saturated rings. The van der Waals surface area contributed by atoms with Gasteiger partial charge in [0.15, 0.2) is 0 Å². The van der Waals surface area contributed by atoms with Gasteiger partial charge in [0.2, 0.25) is 5.88 Å². The standard InChI is InChI=1S/C17H10Cl2FN3O3/c18-13-6-3-10(7-14(13)19)21-8-12-15(24)22-17(26)23(16(12)25)11-4-1-9(20)2-5-11/h1-8,25H,(H,22,24,26). The number of aromatic hydroxyl groups is 1. The van der Waals surface area contributed by atoms with Gasteiger partial charge < -0.3 is 5.11 Å². The molecule has 0 aliphatic rings. The maximum atomic E-state index is 13.1. The van der Waals surface area contributed by atoms with Gasteiger partial charge in [0.25, 0.3) is 5.56 Å². The van der Waals surface area contributed by atoms with Crippen LogP contribution in [0.3, 0.4) is 0 Å². The molecule has 26 heavy (non-hydrogen) atoms. The molecule has 0 saturated heterocycles. The molecule has 1 heterocycles. The lowest BCUT2D eigenvalue weighted by atomic mass is 10.2. The Hall–Kier alpha value is -2.90. The number of nitrogens with one attached hydrogen (secondary N) is 1. The van der Waals surface area contributed by atoms with E-state index in [-0.39, 0.29) is 16.3 Å². The smallest absolute Gasteiger partial charge is 0.335 e. The molecule has 3 aromatic rings. The van der Waals surface area contributed by atoms with Crippen LogP contribution >= 0.6 is 23.2 Å². The Morgan fingerprint density at radius 3 is 2.42 bits per heavy atom. The van der Waals surface area contributed by atoms with Crippen LogP contribution in [-0.2, 0) is 0 Å². The highest BCUT2D eigenvalue weighted by Gasteiger charge is 2.14. The normalized spacial score (nSPS) is 11.2. The second kappa shape index (κ2) is 7.15. The molecule has 0 bridgehead atoms. The number of aliphatic imine (C=N–C) groups is 1. The van der Waals surface area contributed by atoms with Crippen molar-refractivity contribution in [3.63, 3.8) is 0 Å². The predicted octanol–water partition coefficient (Wildman–Crippen LogP) is 3.43. The van der Waals surface area contributed by atoms with Gasteiger partial charge in [0.05, 0.1) is 21.4 Å². The van der Waals surface area contributed by atoms with Gasteiger partial charge in [-0.15, -0.1) is 0 Å². The van der Waals surface area contributed by atoms with Crippen LogP contribution in [0.25, 0.3) is 5.69 Å². The summed E-state index contributed by atoms with van der Waals surface area (Å²) in [7, 11) is 0. The van der Waals surface area contributed by atoms with Crippen molar-refractivity contribution in [3.8, 4) is 11.6 Å². The third-order valence-electron chi connectivity index (χ3n) is 3.45. The summed E-state index contributed by atoms with van der Waals surface area (Å²) in [5.41, 5.74) is -1.38. The van der Waals surface area contributed by atoms with Gasteiger partial charge in [-0.1, -0.05) is 23.2 Å². The fourth-order valence-corrected chi connectivity index (χ4v) is 2.48. The van der Waals surface area contributed by atoms with Crippen LogP contribution in [0.2, 0.25) is 10.0 Å². The van der Waals surface area contributed by atoms with E-state index in [2.05, 4.69) is 9.98 Å². The van der Waals surface area contributed by atoms with Gasteiger partial charge in [-0.2, -0.15) is 0 Å². The summed E-state index contributed by atoms with van der Waals surface area (Å²) in [6, 6.07) is 9.38. The molecule has 3 rings (SSSR count). The Kier molecular flexibility index (Phi) is 4.92. The molecule has 0 spiro atoms. The lowest BCUT2D eigenvalue weighted by molar-refractivity contribution is 0.430. The van der Waals surface area contributed by atoms with Crippen molar-refractivity contribution in [2.75, 3.05) is 0 Å². The van der Waals surface area contributed by atoms with E-state index in [0.717, 1.165) is 22.9 Å². The van der Waals surface area contributed by atoms with E-state index in [1.165, 1.54) is 24.3 Å². The topological polar surface area (TPSA) is 87.5 Å². The quantitative estimate of drug-likeness (QED) is 0.668. The highest BCUT2D eigenvalue weighted by atomic mass is 35.5. The zero-order valence-corrected chi connectivity index (χ0v) is 14.4. The van der Waals surface area contributed by atoms with E-state index >= 15 is 0 Å². The van der Waals surface area contributed by atoms with Gasteiger partial charge >= 0.3 is 5.69 Å². The number of hydrogen-bond donors (Lipinski definition) is 2. The van der Waals surface area contributed by atoms with Gasteiger partial charge in [-0.3, -0.25) is 14.8 Å². The molecule has 132 valence electrons. The number of aromatic amines is 1. The molecule has 0 aliphatic heterocycles. The first-order valence-electron chi connectivity index (χ1n) is 7.20. The molecule has 2 aromatic carbocycles. The maximum Gasteiger partial charge on any atom is 0.335 e. The third-order valence-corrected chi connectivity index (χ3v) is 4.19. The molecule has 0 saturated carbocycles. The van der Waals surface area contributed by atoms with Crippen molar-refractivity contribution in [2.45, 2.75) is 0 Å². The second-order valence-electron chi connectivity index (χ2n) is 5.16. The van der Waals surface area contributed by atoms with Gasteiger partial charge in [0, 0.05) is 6.21 Å². The first-order valence-corrected chi connectivity index (χ1v) is 7.96. The monoisotopic (exact) mass is 393 g/mol. The Labute approximate surface area is 155 Å². The lowest BCUT2D eigenvalue weighted by Gasteiger charge is -2.09.